The number of hydrogen-bond donors (Lipinski definition) is 0. The number of hydrogen-bond acceptors (Lipinski definition) is 5. The third-order valence-electron chi connectivity index (χ3n) is 4.44. The van der Waals surface area contributed by atoms with Gasteiger partial charge in [-0.05, 0) is 42.5 Å². The lowest BCUT2D eigenvalue weighted by molar-refractivity contribution is -0.133. The van der Waals surface area contributed by atoms with E-state index in [-0.39, 0.29) is 12.5 Å². The molecule has 2 aromatic rings. The van der Waals surface area contributed by atoms with Crippen molar-refractivity contribution in [3.05, 3.63) is 59.1 Å². The molecular formula is C20H21ClN2O4. The Morgan fingerprint density at radius 2 is 1.74 bits per heavy atom. The molecule has 1 amide bonds. The lowest BCUT2D eigenvalue weighted by Crippen LogP contribution is -2.50. The summed E-state index contributed by atoms with van der Waals surface area (Å²) in [6.07, 6.45) is 0. The van der Waals surface area contributed by atoms with E-state index in [0.29, 0.717) is 29.4 Å². The zero-order valence-corrected chi connectivity index (χ0v) is 15.8. The minimum atomic E-state index is -0.407. The molecule has 0 radical (unpaired) electrons. The number of carbonyl (C=O) groups is 2. The highest BCUT2D eigenvalue weighted by molar-refractivity contribution is 6.30. The number of piperazine rings is 1. The van der Waals surface area contributed by atoms with Gasteiger partial charge in [0, 0.05) is 36.9 Å². The molecule has 0 saturated carbocycles. The molecule has 0 N–H and O–H groups in total. The van der Waals surface area contributed by atoms with Crippen LogP contribution in [0.4, 0.5) is 5.69 Å². The van der Waals surface area contributed by atoms with Gasteiger partial charge < -0.3 is 19.3 Å². The van der Waals surface area contributed by atoms with Gasteiger partial charge in [-0.15, -0.1) is 0 Å². The largest absolute Gasteiger partial charge is 0.484 e. The number of nitrogens with zero attached hydrogens (tertiary/aromatic N) is 2. The average Bonchev–Trinajstić information content (AvgIpc) is 2.72. The van der Waals surface area contributed by atoms with Crippen LogP contribution >= 0.6 is 11.6 Å². The Bertz CT molecular complexity index is 802. The fraction of sp³-hybridized carbons (Fsp3) is 0.300. The number of anilines is 1. The van der Waals surface area contributed by atoms with Crippen molar-refractivity contribution in [2.24, 2.45) is 0 Å². The van der Waals surface area contributed by atoms with Crippen LogP contribution < -0.4 is 9.64 Å². The van der Waals surface area contributed by atoms with Gasteiger partial charge in [0.05, 0.1) is 12.7 Å². The molecule has 2 aromatic carbocycles. The average molecular weight is 389 g/mol. The van der Waals surface area contributed by atoms with Crippen molar-refractivity contribution in [1.29, 1.82) is 0 Å². The summed E-state index contributed by atoms with van der Waals surface area (Å²) in [7, 11) is 1.33. The van der Waals surface area contributed by atoms with Crippen LogP contribution in [0.1, 0.15) is 10.4 Å². The number of amides is 1. The van der Waals surface area contributed by atoms with Crippen LogP contribution in [-0.2, 0) is 9.53 Å². The van der Waals surface area contributed by atoms with Gasteiger partial charge >= 0.3 is 5.97 Å². The van der Waals surface area contributed by atoms with Crippen molar-refractivity contribution in [1.82, 2.24) is 4.90 Å². The van der Waals surface area contributed by atoms with Crippen LogP contribution in [0.2, 0.25) is 5.02 Å². The van der Waals surface area contributed by atoms with Crippen molar-refractivity contribution in [3.63, 3.8) is 0 Å². The van der Waals surface area contributed by atoms with Gasteiger partial charge in [-0.3, -0.25) is 4.79 Å². The zero-order valence-electron chi connectivity index (χ0n) is 15.1. The second kappa shape index (κ2) is 8.77. The van der Waals surface area contributed by atoms with E-state index in [1.54, 1.807) is 29.2 Å². The fourth-order valence-corrected chi connectivity index (χ4v) is 3.11. The summed E-state index contributed by atoms with van der Waals surface area (Å²) < 4.78 is 10.2. The third-order valence-corrected chi connectivity index (χ3v) is 4.68. The molecule has 6 nitrogen and oxygen atoms in total. The highest BCUT2D eigenvalue weighted by atomic mass is 35.5. The third kappa shape index (κ3) is 4.92. The summed E-state index contributed by atoms with van der Waals surface area (Å²) in [6.45, 7) is 2.74. The number of esters is 1. The molecule has 1 heterocycles. The van der Waals surface area contributed by atoms with E-state index in [0.717, 1.165) is 18.8 Å². The molecule has 0 unspecified atom stereocenters. The van der Waals surface area contributed by atoms with E-state index in [4.69, 9.17) is 16.3 Å². The van der Waals surface area contributed by atoms with Crippen LogP contribution in [-0.4, -0.2) is 56.7 Å². The molecule has 1 aliphatic rings. The van der Waals surface area contributed by atoms with Crippen molar-refractivity contribution >= 4 is 29.2 Å². The topological polar surface area (TPSA) is 59.1 Å². The highest BCUT2D eigenvalue weighted by Crippen LogP contribution is 2.21. The first kappa shape index (κ1) is 19.0. The molecule has 0 aromatic heterocycles. The molecule has 0 spiro atoms. The Labute approximate surface area is 163 Å². The Hall–Kier alpha value is -2.73. The van der Waals surface area contributed by atoms with Crippen molar-refractivity contribution < 1.29 is 19.1 Å². The first-order valence-electron chi connectivity index (χ1n) is 8.66. The number of ether oxygens (including phenoxy) is 2. The summed E-state index contributed by atoms with van der Waals surface area (Å²) in [5.41, 5.74) is 1.50. The maximum absolute atomic E-state index is 12.4. The van der Waals surface area contributed by atoms with Crippen LogP contribution in [0.15, 0.2) is 48.5 Å². The van der Waals surface area contributed by atoms with E-state index in [1.165, 1.54) is 7.11 Å². The van der Waals surface area contributed by atoms with Crippen LogP contribution in [0.25, 0.3) is 0 Å². The standard InChI is InChI=1S/C20H21ClN2O4/c1-26-20(25)15-5-7-18(8-6-15)27-14-19(24)23-11-9-22(10-12-23)17-4-2-3-16(21)13-17/h2-8,13H,9-12,14H2,1H3. The first-order chi connectivity index (χ1) is 13.1. The lowest BCUT2D eigenvalue weighted by atomic mass is 10.2. The number of methoxy groups -OCH3 is 1. The molecule has 1 saturated heterocycles. The first-order valence-corrected chi connectivity index (χ1v) is 9.04. The minimum absolute atomic E-state index is 0.0330. The minimum Gasteiger partial charge on any atom is -0.484 e. The summed E-state index contributed by atoms with van der Waals surface area (Å²) in [5.74, 6) is 0.0709. The molecule has 0 atom stereocenters. The van der Waals surface area contributed by atoms with Gasteiger partial charge in [0.1, 0.15) is 5.75 Å². The zero-order chi connectivity index (χ0) is 19.2. The summed E-state index contributed by atoms with van der Waals surface area (Å²) in [6, 6.07) is 14.2. The fourth-order valence-electron chi connectivity index (χ4n) is 2.93. The smallest absolute Gasteiger partial charge is 0.337 e. The molecule has 0 aliphatic carbocycles. The summed E-state index contributed by atoms with van der Waals surface area (Å²) >= 11 is 6.04. The van der Waals surface area contributed by atoms with Gasteiger partial charge in [0.15, 0.2) is 6.61 Å². The number of benzene rings is 2. The van der Waals surface area contributed by atoms with Gasteiger partial charge in [0.25, 0.3) is 5.91 Å². The highest BCUT2D eigenvalue weighted by Gasteiger charge is 2.21. The Morgan fingerprint density at radius 3 is 2.37 bits per heavy atom. The molecule has 1 aliphatic heterocycles. The predicted octanol–water partition coefficient (Wildman–Crippen LogP) is 2.85. The Balaban J connectivity index is 1.47. The monoisotopic (exact) mass is 388 g/mol. The van der Waals surface area contributed by atoms with Gasteiger partial charge in [0.2, 0.25) is 0 Å². The van der Waals surface area contributed by atoms with Crippen molar-refractivity contribution in [2.75, 3.05) is 44.8 Å². The maximum Gasteiger partial charge on any atom is 0.337 e. The number of rotatable bonds is 5. The number of halogens is 1. The SMILES string of the molecule is COC(=O)c1ccc(OCC(=O)N2CCN(c3cccc(Cl)c3)CC2)cc1. The van der Waals surface area contributed by atoms with Crippen molar-refractivity contribution in [3.8, 4) is 5.75 Å². The second-order valence-corrected chi connectivity index (χ2v) is 6.59. The molecule has 27 heavy (non-hydrogen) atoms. The summed E-state index contributed by atoms with van der Waals surface area (Å²) in [5, 5.41) is 0.706. The van der Waals surface area contributed by atoms with Crippen LogP contribution in [0.3, 0.4) is 0 Å². The van der Waals surface area contributed by atoms with Gasteiger partial charge in [-0.25, -0.2) is 4.79 Å². The van der Waals surface area contributed by atoms with E-state index >= 15 is 0 Å². The number of carbonyl (C=O) groups excluding carboxylic acids is 2. The molecule has 0 bridgehead atoms. The van der Waals surface area contributed by atoms with E-state index in [9.17, 15) is 9.59 Å². The summed E-state index contributed by atoms with van der Waals surface area (Å²) in [4.78, 5) is 27.8. The van der Waals surface area contributed by atoms with Crippen molar-refractivity contribution in [2.45, 2.75) is 0 Å². The van der Waals surface area contributed by atoms with E-state index in [1.807, 2.05) is 24.3 Å². The Kier molecular flexibility index (Phi) is 6.19. The van der Waals surface area contributed by atoms with Crippen LogP contribution in [0.5, 0.6) is 5.75 Å². The molecule has 142 valence electrons. The predicted molar refractivity (Wildman–Crippen MR) is 104 cm³/mol. The normalized spacial score (nSPS) is 14.0. The lowest BCUT2D eigenvalue weighted by Gasteiger charge is -2.36. The second-order valence-electron chi connectivity index (χ2n) is 6.15. The maximum atomic E-state index is 12.4. The van der Waals surface area contributed by atoms with E-state index in [2.05, 4.69) is 9.64 Å². The molecule has 7 heteroatoms. The molecule has 3 rings (SSSR count). The van der Waals surface area contributed by atoms with Crippen LogP contribution in [0, 0.1) is 0 Å². The molecular weight excluding hydrogens is 368 g/mol. The van der Waals surface area contributed by atoms with Gasteiger partial charge in [-0.1, -0.05) is 17.7 Å². The Morgan fingerprint density at radius 1 is 1.04 bits per heavy atom. The quantitative estimate of drug-likeness (QED) is 0.737. The van der Waals surface area contributed by atoms with Gasteiger partial charge in [-0.2, -0.15) is 0 Å². The molecule has 1 fully saturated rings. The van der Waals surface area contributed by atoms with E-state index < -0.39 is 5.97 Å².